The molecule has 2 rings (SSSR count). The molecule has 1 fully saturated rings. The second-order valence-electron chi connectivity index (χ2n) is 7.22. The van der Waals surface area contributed by atoms with E-state index in [1.165, 1.54) is 12.1 Å². The number of alkyl halides is 3. The van der Waals surface area contributed by atoms with Crippen LogP contribution in [0.15, 0.2) is 24.3 Å². The minimum absolute atomic E-state index is 0.0348. The zero-order chi connectivity index (χ0) is 21.4. The van der Waals surface area contributed by atoms with Gasteiger partial charge in [-0.1, -0.05) is 19.4 Å². The molecule has 9 heteroatoms. The Morgan fingerprint density at radius 3 is 2.69 bits per heavy atom. The first-order chi connectivity index (χ1) is 13.7. The highest BCUT2D eigenvalue weighted by atomic mass is 19.4. The van der Waals surface area contributed by atoms with E-state index in [0.717, 1.165) is 18.6 Å². The normalized spacial score (nSPS) is 19.7. The highest BCUT2D eigenvalue weighted by molar-refractivity contribution is 5.89. The zero-order valence-corrected chi connectivity index (χ0v) is 16.7. The Bertz CT molecular complexity index is 697. The predicted molar refractivity (Wildman–Crippen MR) is 103 cm³/mol. The van der Waals surface area contributed by atoms with Crippen LogP contribution < -0.4 is 10.6 Å². The molecule has 0 unspecified atom stereocenters. The number of ether oxygens (including phenoxy) is 1. The van der Waals surface area contributed by atoms with Crippen molar-refractivity contribution in [1.82, 2.24) is 10.2 Å². The Hall–Kier alpha value is -2.29. The van der Waals surface area contributed by atoms with Crippen molar-refractivity contribution in [2.75, 3.05) is 38.7 Å². The molecule has 3 amide bonds. The van der Waals surface area contributed by atoms with Crippen LogP contribution in [0.2, 0.25) is 0 Å². The first-order valence-electron chi connectivity index (χ1n) is 9.73. The summed E-state index contributed by atoms with van der Waals surface area (Å²) in [5.74, 6) is 0.289. The van der Waals surface area contributed by atoms with Gasteiger partial charge in [0.2, 0.25) is 5.91 Å². The number of piperidine rings is 1. The molecular weight excluding hydrogens is 387 g/mol. The van der Waals surface area contributed by atoms with Crippen LogP contribution in [0.25, 0.3) is 0 Å². The van der Waals surface area contributed by atoms with E-state index in [2.05, 4.69) is 10.6 Å². The molecule has 0 bridgehead atoms. The van der Waals surface area contributed by atoms with E-state index >= 15 is 0 Å². The number of amides is 3. The fourth-order valence-electron chi connectivity index (χ4n) is 3.58. The third kappa shape index (κ3) is 6.92. The largest absolute Gasteiger partial charge is 0.416 e. The van der Waals surface area contributed by atoms with Crippen LogP contribution in [-0.2, 0) is 15.7 Å². The van der Waals surface area contributed by atoms with Crippen LogP contribution in [0.4, 0.5) is 23.7 Å². The Morgan fingerprint density at radius 2 is 2.03 bits per heavy atom. The lowest BCUT2D eigenvalue weighted by Crippen LogP contribution is -2.46. The van der Waals surface area contributed by atoms with Crippen molar-refractivity contribution in [2.45, 2.75) is 32.4 Å². The van der Waals surface area contributed by atoms with E-state index in [1.54, 1.807) is 12.0 Å². The van der Waals surface area contributed by atoms with Crippen molar-refractivity contribution >= 4 is 17.6 Å². The van der Waals surface area contributed by atoms with Crippen molar-refractivity contribution in [3.8, 4) is 0 Å². The third-order valence-corrected chi connectivity index (χ3v) is 5.22. The monoisotopic (exact) mass is 415 g/mol. The second-order valence-corrected chi connectivity index (χ2v) is 7.22. The van der Waals surface area contributed by atoms with Gasteiger partial charge < -0.3 is 20.3 Å². The lowest BCUT2D eigenvalue weighted by Gasteiger charge is -2.38. The van der Waals surface area contributed by atoms with Gasteiger partial charge in [0, 0.05) is 38.9 Å². The fraction of sp³-hybridized carbons (Fsp3) is 0.600. The Kier molecular flexibility index (Phi) is 8.31. The maximum absolute atomic E-state index is 12.8. The second kappa shape index (κ2) is 10.5. The average molecular weight is 415 g/mol. The summed E-state index contributed by atoms with van der Waals surface area (Å²) in [6.07, 6.45) is -2.59. The quantitative estimate of drug-likeness (QED) is 0.667. The third-order valence-electron chi connectivity index (χ3n) is 5.22. The molecule has 0 aromatic heterocycles. The first kappa shape index (κ1) is 23.0. The molecule has 1 aliphatic rings. The summed E-state index contributed by atoms with van der Waals surface area (Å²) >= 11 is 0. The topological polar surface area (TPSA) is 70.7 Å². The Labute approximate surface area is 168 Å². The number of hydrogen-bond donors (Lipinski definition) is 2. The number of benzene rings is 1. The van der Waals surface area contributed by atoms with Crippen molar-refractivity contribution in [3.05, 3.63) is 29.8 Å². The van der Waals surface area contributed by atoms with Gasteiger partial charge >= 0.3 is 12.2 Å². The highest BCUT2D eigenvalue weighted by Gasteiger charge is 2.33. The molecule has 162 valence electrons. The molecule has 1 aliphatic heterocycles. The van der Waals surface area contributed by atoms with E-state index in [0.29, 0.717) is 39.1 Å². The number of halogens is 3. The van der Waals surface area contributed by atoms with Crippen LogP contribution in [-0.4, -0.2) is 50.2 Å². The number of urea groups is 1. The molecule has 6 nitrogen and oxygen atoms in total. The summed E-state index contributed by atoms with van der Waals surface area (Å²) in [6, 6.07) is 4.16. The fourth-order valence-corrected chi connectivity index (χ4v) is 3.58. The molecule has 0 radical (unpaired) electrons. The Morgan fingerprint density at radius 1 is 1.28 bits per heavy atom. The molecule has 0 aliphatic carbocycles. The van der Waals surface area contributed by atoms with Gasteiger partial charge in [-0.15, -0.1) is 0 Å². The van der Waals surface area contributed by atoms with Crippen molar-refractivity contribution < 1.29 is 27.5 Å². The minimum Gasteiger partial charge on any atom is -0.383 e. The van der Waals surface area contributed by atoms with Gasteiger partial charge in [-0.05, 0) is 36.5 Å². The number of nitrogens with zero attached hydrogens (tertiary/aromatic N) is 1. The van der Waals surface area contributed by atoms with Gasteiger partial charge in [-0.2, -0.15) is 13.2 Å². The highest BCUT2D eigenvalue weighted by Crippen LogP contribution is 2.32. The van der Waals surface area contributed by atoms with Gasteiger partial charge in [-0.3, -0.25) is 4.79 Å². The maximum atomic E-state index is 12.8. The van der Waals surface area contributed by atoms with Gasteiger partial charge in [0.25, 0.3) is 0 Å². The molecule has 0 saturated carbocycles. The Balaban J connectivity index is 1.91. The molecule has 2 N–H and O–H groups in total. The summed E-state index contributed by atoms with van der Waals surface area (Å²) < 4.78 is 43.4. The smallest absolute Gasteiger partial charge is 0.383 e. The number of carbonyl (C=O) groups is 2. The number of likely N-dealkylation sites (tertiary alicyclic amines) is 1. The van der Waals surface area contributed by atoms with Crippen LogP contribution in [0, 0.1) is 11.8 Å². The van der Waals surface area contributed by atoms with Crippen LogP contribution in [0.5, 0.6) is 0 Å². The number of anilines is 1. The number of methoxy groups -OCH3 is 1. The zero-order valence-electron chi connectivity index (χ0n) is 16.7. The van der Waals surface area contributed by atoms with E-state index < -0.39 is 17.8 Å². The van der Waals surface area contributed by atoms with Crippen LogP contribution >= 0.6 is 0 Å². The molecule has 1 heterocycles. The van der Waals surface area contributed by atoms with Crippen LogP contribution in [0.1, 0.15) is 31.7 Å². The lowest BCUT2D eigenvalue weighted by atomic mass is 9.81. The first-order valence-corrected chi connectivity index (χ1v) is 9.73. The number of hydrogen-bond acceptors (Lipinski definition) is 3. The summed E-state index contributed by atoms with van der Waals surface area (Å²) in [5.41, 5.74) is -0.697. The summed E-state index contributed by atoms with van der Waals surface area (Å²) in [5, 5.41) is 5.36. The molecule has 1 aromatic carbocycles. The molecule has 1 saturated heterocycles. The van der Waals surface area contributed by atoms with Gasteiger partial charge in [0.1, 0.15) is 0 Å². The minimum atomic E-state index is -4.46. The van der Waals surface area contributed by atoms with Gasteiger partial charge in [0.05, 0.1) is 12.2 Å². The standard InChI is InChI=1S/C20H28F3N3O3/c1-3-14-13-26(9-7-15(14)11-18(27)24-8-10-29-2)19(28)25-17-6-4-5-16(12-17)20(21,22)23/h4-6,12,14-15H,3,7-11,13H2,1-2H3,(H,24,27)(H,25,28)/t14-,15+/m1/s1. The van der Waals surface area contributed by atoms with Crippen LogP contribution in [0.3, 0.4) is 0 Å². The summed E-state index contributed by atoms with van der Waals surface area (Å²) in [4.78, 5) is 26.2. The van der Waals surface area contributed by atoms with Gasteiger partial charge in [0.15, 0.2) is 0 Å². The lowest BCUT2D eigenvalue weighted by molar-refractivity contribution is -0.137. The van der Waals surface area contributed by atoms with E-state index in [9.17, 15) is 22.8 Å². The van der Waals surface area contributed by atoms with E-state index in [-0.39, 0.29) is 23.4 Å². The summed E-state index contributed by atoms with van der Waals surface area (Å²) in [7, 11) is 1.57. The SMILES string of the molecule is CC[C@@H]1CN(C(=O)Nc2cccc(C(F)(F)F)c2)CC[C@H]1CC(=O)NCCOC. The number of carbonyl (C=O) groups excluding carboxylic acids is 2. The molecule has 1 aromatic rings. The molecule has 0 spiro atoms. The van der Waals surface area contributed by atoms with Crippen molar-refractivity contribution in [3.63, 3.8) is 0 Å². The van der Waals surface area contributed by atoms with Crippen molar-refractivity contribution in [1.29, 1.82) is 0 Å². The summed E-state index contributed by atoms with van der Waals surface area (Å²) in [6.45, 7) is 3.85. The molecule has 29 heavy (non-hydrogen) atoms. The van der Waals surface area contributed by atoms with E-state index in [1.807, 2.05) is 6.92 Å². The number of nitrogens with one attached hydrogen (secondary N) is 2. The van der Waals surface area contributed by atoms with Gasteiger partial charge in [-0.25, -0.2) is 4.79 Å². The molecule has 2 atom stereocenters. The maximum Gasteiger partial charge on any atom is 0.416 e. The average Bonchev–Trinajstić information content (AvgIpc) is 2.68. The number of rotatable bonds is 7. The van der Waals surface area contributed by atoms with Crippen molar-refractivity contribution in [2.24, 2.45) is 11.8 Å². The van der Waals surface area contributed by atoms with E-state index in [4.69, 9.17) is 4.74 Å². The molecular formula is C20H28F3N3O3. The predicted octanol–water partition coefficient (Wildman–Crippen LogP) is 3.74.